The zero-order chi connectivity index (χ0) is 13.7. The van der Waals surface area contributed by atoms with Crippen molar-refractivity contribution in [3.63, 3.8) is 0 Å². The van der Waals surface area contributed by atoms with Crippen LogP contribution in [0.15, 0.2) is 24.3 Å². The van der Waals surface area contributed by atoms with Crippen LogP contribution in [0.1, 0.15) is 49.8 Å². The number of amides is 2. The molecule has 3 heteroatoms. The predicted octanol–water partition coefficient (Wildman–Crippen LogP) is 3.64. The summed E-state index contributed by atoms with van der Waals surface area (Å²) in [6.07, 6.45) is 4.76. The summed E-state index contributed by atoms with van der Waals surface area (Å²) in [6, 6.07) is 8.49. The van der Waals surface area contributed by atoms with Crippen LogP contribution in [0.3, 0.4) is 0 Å². The Bertz CT molecular complexity index is 405. The molecule has 1 N–H and O–H groups in total. The van der Waals surface area contributed by atoms with Gasteiger partial charge in [0.25, 0.3) is 0 Å². The van der Waals surface area contributed by atoms with Crippen molar-refractivity contribution in [2.24, 2.45) is 0 Å². The summed E-state index contributed by atoms with van der Waals surface area (Å²) in [5.41, 5.74) is 2.41. The molecule has 1 fully saturated rings. The van der Waals surface area contributed by atoms with Crippen LogP contribution < -0.4 is 5.32 Å². The van der Waals surface area contributed by atoms with Crippen molar-refractivity contribution in [2.45, 2.75) is 45.6 Å². The number of hydrogen-bond donors (Lipinski definition) is 1. The van der Waals surface area contributed by atoms with Gasteiger partial charge in [0.15, 0.2) is 0 Å². The van der Waals surface area contributed by atoms with E-state index in [2.05, 4.69) is 36.5 Å². The molecule has 1 aliphatic heterocycles. The molecule has 0 spiro atoms. The number of nitrogens with zero attached hydrogens (tertiary/aromatic N) is 1. The Morgan fingerprint density at radius 3 is 2.26 bits per heavy atom. The molecular weight excluding hydrogens is 236 g/mol. The summed E-state index contributed by atoms with van der Waals surface area (Å²) >= 11 is 0. The van der Waals surface area contributed by atoms with E-state index < -0.39 is 0 Å². The normalized spacial score (nSPS) is 17.7. The lowest BCUT2D eigenvalue weighted by Gasteiger charge is -2.24. The Morgan fingerprint density at radius 2 is 1.68 bits per heavy atom. The first-order valence-corrected chi connectivity index (χ1v) is 7.29. The number of carbonyl (C=O) groups is 1. The summed E-state index contributed by atoms with van der Waals surface area (Å²) in [5, 5.41) is 3.10. The summed E-state index contributed by atoms with van der Waals surface area (Å²) < 4.78 is 0. The summed E-state index contributed by atoms with van der Waals surface area (Å²) in [5.74, 6) is 0. The minimum absolute atomic E-state index is 0.0661. The van der Waals surface area contributed by atoms with Gasteiger partial charge in [-0.3, -0.25) is 0 Å². The van der Waals surface area contributed by atoms with E-state index in [1.165, 1.54) is 18.4 Å². The smallest absolute Gasteiger partial charge is 0.317 e. The van der Waals surface area contributed by atoms with Gasteiger partial charge in [-0.1, -0.05) is 42.7 Å². The highest BCUT2D eigenvalue weighted by Crippen LogP contribution is 2.15. The van der Waals surface area contributed by atoms with Crippen molar-refractivity contribution >= 4 is 6.03 Å². The molecule has 1 heterocycles. The molecule has 0 aliphatic carbocycles. The SMILES string of the molecule is Cc1ccc(C(C)NC(=O)N2CCCCCC2)cc1. The molecule has 1 aromatic rings. The van der Waals surface area contributed by atoms with Gasteiger partial charge in [-0.15, -0.1) is 0 Å². The van der Waals surface area contributed by atoms with Crippen LogP contribution in [-0.4, -0.2) is 24.0 Å². The molecule has 2 amide bonds. The molecule has 0 bridgehead atoms. The van der Waals surface area contributed by atoms with Gasteiger partial charge in [0.1, 0.15) is 0 Å². The van der Waals surface area contributed by atoms with Crippen molar-refractivity contribution in [2.75, 3.05) is 13.1 Å². The Balaban J connectivity index is 1.92. The van der Waals surface area contributed by atoms with Gasteiger partial charge in [-0.2, -0.15) is 0 Å². The van der Waals surface area contributed by atoms with Crippen LogP contribution >= 0.6 is 0 Å². The molecule has 1 unspecified atom stereocenters. The average molecular weight is 260 g/mol. The fraction of sp³-hybridized carbons (Fsp3) is 0.562. The second-order valence-electron chi connectivity index (χ2n) is 5.48. The molecule has 0 saturated carbocycles. The summed E-state index contributed by atoms with van der Waals surface area (Å²) in [6.45, 7) is 5.91. The molecular formula is C16H24N2O. The molecule has 0 radical (unpaired) electrons. The molecule has 3 nitrogen and oxygen atoms in total. The monoisotopic (exact) mass is 260 g/mol. The molecule has 104 valence electrons. The van der Waals surface area contributed by atoms with Gasteiger partial charge in [0.05, 0.1) is 6.04 Å². The standard InChI is InChI=1S/C16H24N2O/c1-13-7-9-15(10-8-13)14(2)17-16(19)18-11-5-3-4-6-12-18/h7-10,14H,3-6,11-12H2,1-2H3,(H,17,19). The van der Waals surface area contributed by atoms with Gasteiger partial charge in [0, 0.05) is 13.1 Å². The minimum Gasteiger partial charge on any atom is -0.331 e. The van der Waals surface area contributed by atoms with E-state index in [0.29, 0.717) is 0 Å². The van der Waals surface area contributed by atoms with Crippen molar-refractivity contribution in [3.8, 4) is 0 Å². The van der Waals surface area contributed by atoms with Crippen molar-refractivity contribution in [1.82, 2.24) is 10.2 Å². The molecule has 1 aromatic carbocycles. The maximum Gasteiger partial charge on any atom is 0.317 e. The Kier molecular flexibility index (Phi) is 4.83. The zero-order valence-corrected chi connectivity index (χ0v) is 12.0. The minimum atomic E-state index is 0.0661. The first-order valence-electron chi connectivity index (χ1n) is 7.29. The number of aryl methyl sites for hydroxylation is 1. The highest BCUT2D eigenvalue weighted by molar-refractivity contribution is 5.74. The van der Waals surface area contributed by atoms with Crippen LogP contribution in [0.5, 0.6) is 0 Å². The van der Waals surface area contributed by atoms with Crippen molar-refractivity contribution in [3.05, 3.63) is 35.4 Å². The Hall–Kier alpha value is -1.51. The number of hydrogen-bond acceptors (Lipinski definition) is 1. The van der Waals surface area contributed by atoms with E-state index in [-0.39, 0.29) is 12.1 Å². The summed E-state index contributed by atoms with van der Waals surface area (Å²) in [4.78, 5) is 14.2. The topological polar surface area (TPSA) is 32.3 Å². The quantitative estimate of drug-likeness (QED) is 0.865. The number of rotatable bonds is 2. The van der Waals surface area contributed by atoms with E-state index in [4.69, 9.17) is 0 Å². The lowest BCUT2D eigenvalue weighted by molar-refractivity contribution is 0.196. The number of nitrogens with one attached hydrogen (secondary N) is 1. The van der Waals surface area contributed by atoms with E-state index in [9.17, 15) is 4.79 Å². The Labute approximate surface area is 116 Å². The van der Waals surface area contributed by atoms with Crippen LogP contribution in [0.25, 0.3) is 0 Å². The van der Waals surface area contributed by atoms with E-state index >= 15 is 0 Å². The van der Waals surface area contributed by atoms with E-state index in [0.717, 1.165) is 31.5 Å². The molecule has 19 heavy (non-hydrogen) atoms. The van der Waals surface area contributed by atoms with Gasteiger partial charge in [-0.25, -0.2) is 4.79 Å². The molecule has 1 aliphatic rings. The van der Waals surface area contributed by atoms with Crippen LogP contribution in [0.4, 0.5) is 4.79 Å². The van der Waals surface area contributed by atoms with Gasteiger partial charge in [0.2, 0.25) is 0 Å². The average Bonchev–Trinajstić information content (AvgIpc) is 2.68. The Morgan fingerprint density at radius 1 is 1.11 bits per heavy atom. The number of urea groups is 1. The molecule has 0 aromatic heterocycles. The second kappa shape index (κ2) is 6.60. The highest BCUT2D eigenvalue weighted by atomic mass is 16.2. The van der Waals surface area contributed by atoms with E-state index in [1.54, 1.807) is 0 Å². The lowest BCUT2D eigenvalue weighted by Crippen LogP contribution is -2.41. The molecule has 1 saturated heterocycles. The number of likely N-dealkylation sites (tertiary alicyclic amines) is 1. The van der Waals surface area contributed by atoms with Crippen LogP contribution in [-0.2, 0) is 0 Å². The lowest BCUT2D eigenvalue weighted by atomic mass is 10.1. The zero-order valence-electron chi connectivity index (χ0n) is 12.0. The first-order chi connectivity index (χ1) is 9.16. The fourth-order valence-corrected chi connectivity index (χ4v) is 2.49. The van der Waals surface area contributed by atoms with E-state index in [1.807, 2.05) is 11.8 Å². The van der Waals surface area contributed by atoms with Crippen molar-refractivity contribution in [1.29, 1.82) is 0 Å². The van der Waals surface area contributed by atoms with Gasteiger partial charge < -0.3 is 10.2 Å². The van der Waals surface area contributed by atoms with Crippen LogP contribution in [0.2, 0.25) is 0 Å². The van der Waals surface area contributed by atoms with Crippen LogP contribution in [0, 0.1) is 6.92 Å². The van der Waals surface area contributed by atoms with Gasteiger partial charge in [-0.05, 0) is 32.3 Å². The first kappa shape index (κ1) is 13.9. The third kappa shape index (κ3) is 3.98. The maximum absolute atomic E-state index is 12.2. The third-order valence-electron chi connectivity index (χ3n) is 3.81. The number of benzene rings is 1. The van der Waals surface area contributed by atoms with Crippen molar-refractivity contribution < 1.29 is 4.79 Å². The maximum atomic E-state index is 12.2. The molecule has 2 rings (SSSR count). The fourth-order valence-electron chi connectivity index (χ4n) is 2.49. The second-order valence-corrected chi connectivity index (χ2v) is 5.48. The predicted molar refractivity (Wildman–Crippen MR) is 78.2 cm³/mol. The largest absolute Gasteiger partial charge is 0.331 e. The summed E-state index contributed by atoms with van der Waals surface area (Å²) in [7, 11) is 0. The van der Waals surface area contributed by atoms with Gasteiger partial charge >= 0.3 is 6.03 Å². The highest BCUT2D eigenvalue weighted by Gasteiger charge is 2.17. The molecule has 1 atom stereocenters. The number of carbonyl (C=O) groups excluding carboxylic acids is 1. The third-order valence-corrected chi connectivity index (χ3v) is 3.81.